The molecule has 0 aliphatic heterocycles. The van der Waals surface area contributed by atoms with Crippen LogP contribution in [0.1, 0.15) is 12.2 Å². The summed E-state index contributed by atoms with van der Waals surface area (Å²) < 4.78 is 36.3. The summed E-state index contributed by atoms with van der Waals surface area (Å²) in [4.78, 5) is 27.8. The Hall–Kier alpha value is -4.10. The Morgan fingerprint density at radius 1 is 1.23 bits per heavy atom. The van der Waals surface area contributed by atoms with Crippen LogP contribution < -0.4 is 9.75 Å². The number of ether oxygens (including phenoxy) is 1. The smallest absolute Gasteiger partial charge is 0.433 e. The second-order valence-corrected chi connectivity index (χ2v) is 10.2. The predicted octanol–water partition coefficient (Wildman–Crippen LogP) is 4.04. The number of hydrogen-bond donors (Lipinski definition) is 0. The predicted molar refractivity (Wildman–Crippen MR) is 130 cm³/mol. The highest BCUT2D eigenvalue weighted by atomic mass is 32.2. The van der Waals surface area contributed by atoms with Crippen molar-refractivity contribution in [2.75, 3.05) is 17.9 Å². The molecule has 4 aromatic rings. The fourth-order valence-electron chi connectivity index (χ4n) is 3.03. The minimum Gasteiger partial charge on any atom is -0.497 e. The number of carbonyl (C=O) groups excluding carboxylic acids is 1. The maximum absolute atomic E-state index is 13.1. The van der Waals surface area contributed by atoms with Crippen molar-refractivity contribution in [3.8, 4) is 5.75 Å². The van der Waals surface area contributed by atoms with E-state index in [1.54, 1.807) is 36.4 Å². The number of methoxy groups -OCH3 is 1. The van der Waals surface area contributed by atoms with E-state index in [0.717, 1.165) is 33.3 Å². The first-order valence-corrected chi connectivity index (χ1v) is 12.6. The molecule has 0 aliphatic rings. The minimum absolute atomic E-state index is 0.0363. The number of benzene rings is 2. The van der Waals surface area contributed by atoms with Crippen LogP contribution in [0.15, 0.2) is 75.1 Å². The lowest BCUT2D eigenvalue weighted by Gasteiger charge is -2.13. The van der Waals surface area contributed by atoms with Gasteiger partial charge in [-0.3, -0.25) is 14.9 Å². The Labute approximate surface area is 203 Å². The zero-order chi connectivity index (χ0) is 25.0. The van der Waals surface area contributed by atoms with Crippen LogP contribution in [0, 0.1) is 10.1 Å². The molecule has 0 spiro atoms. The Kier molecular flexibility index (Phi) is 6.89. The Bertz CT molecular complexity index is 1510. The number of furan rings is 1. The van der Waals surface area contributed by atoms with E-state index in [-0.39, 0.29) is 22.2 Å². The lowest BCUT2D eigenvalue weighted by atomic mass is 10.3. The second-order valence-electron chi connectivity index (χ2n) is 7.10. The van der Waals surface area contributed by atoms with Gasteiger partial charge in [0.05, 0.1) is 40.3 Å². The standard InChI is InChI=1S/C22H18N4O7S2/c1-32-15-7-9-18-19(13-15)34-22(24-18)25(23-14-16-8-10-21(33-16)26(28)29)20(27)11-12-35(30,31)17-5-3-2-4-6-17/h2-10,13-14H,11-12H2,1H3/b23-14+. The van der Waals surface area contributed by atoms with Crippen molar-refractivity contribution in [2.24, 2.45) is 5.10 Å². The normalized spacial score (nSPS) is 11.7. The van der Waals surface area contributed by atoms with E-state index in [2.05, 4.69) is 10.1 Å². The molecule has 11 nitrogen and oxygen atoms in total. The van der Waals surface area contributed by atoms with Gasteiger partial charge in [-0.2, -0.15) is 10.1 Å². The molecule has 0 atom stereocenters. The monoisotopic (exact) mass is 514 g/mol. The Morgan fingerprint density at radius 3 is 2.69 bits per heavy atom. The highest BCUT2D eigenvalue weighted by Gasteiger charge is 2.23. The van der Waals surface area contributed by atoms with Crippen LogP contribution in [0.3, 0.4) is 0 Å². The average molecular weight is 515 g/mol. The van der Waals surface area contributed by atoms with Crippen LogP contribution in [-0.4, -0.2) is 43.3 Å². The lowest BCUT2D eigenvalue weighted by molar-refractivity contribution is -0.402. The van der Waals surface area contributed by atoms with Gasteiger partial charge in [0.25, 0.3) is 5.91 Å². The fourth-order valence-corrected chi connectivity index (χ4v) is 5.25. The van der Waals surface area contributed by atoms with E-state index in [0.29, 0.717) is 11.3 Å². The number of hydrogen-bond acceptors (Lipinski definition) is 10. The molecular formula is C22H18N4O7S2. The summed E-state index contributed by atoms with van der Waals surface area (Å²) in [5.41, 5.74) is 0.587. The van der Waals surface area contributed by atoms with Crippen LogP contribution in [0.25, 0.3) is 10.2 Å². The first-order chi connectivity index (χ1) is 16.8. The quantitative estimate of drug-likeness (QED) is 0.185. The van der Waals surface area contributed by atoms with Gasteiger partial charge in [-0.05, 0) is 36.4 Å². The molecule has 2 aromatic heterocycles. The minimum atomic E-state index is -3.70. The third-order valence-electron chi connectivity index (χ3n) is 4.78. The number of fused-ring (bicyclic) bond motifs is 1. The summed E-state index contributed by atoms with van der Waals surface area (Å²) in [5.74, 6) is -0.911. The van der Waals surface area contributed by atoms with Crippen LogP contribution in [-0.2, 0) is 14.6 Å². The number of amides is 1. The van der Waals surface area contributed by atoms with Crippen molar-refractivity contribution < 1.29 is 27.3 Å². The molecule has 2 aromatic carbocycles. The molecule has 0 N–H and O–H groups in total. The Morgan fingerprint density at radius 2 is 2.00 bits per heavy atom. The van der Waals surface area contributed by atoms with E-state index in [9.17, 15) is 23.3 Å². The van der Waals surface area contributed by atoms with Gasteiger partial charge in [0.15, 0.2) is 15.6 Å². The molecule has 0 saturated heterocycles. The molecule has 0 saturated carbocycles. The molecule has 2 heterocycles. The van der Waals surface area contributed by atoms with E-state index < -0.39 is 32.3 Å². The first kappa shape index (κ1) is 24.0. The number of thiazole rings is 1. The number of carbonyl (C=O) groups is 1. The Balaban J connectivity index is 1.63. The topological polar surface area (TPSA) is 145 Å². The van der Waals surface area contributed by atoms with Gasteiger partial charge in [-0.25, -0.2) is 13.4 Å². The highest BCUT2D eigenvalue weighted by Crippen LogP contribution is 2.32. The number of aromatic nitrogens is 1. The maximum Gasteiger partial charge on any atom is 0.433 e. The molecule has 0 aliphatic carbocycles. The van der Waals surface area contributed by atoms with Crippen molar-refractivity contribution >= 4 is 54.5 Å². The summed E-state index contributed by atoms with van der Waals surface area (Å²) >= 11 is 1.15. The highest BCUT2D eigenvalue weighted by molar-refractivity contribution is 7.91. The number of anilines is 1. The van der Waals surface area contributed by atoms with Gasteiger partial charge >= 0.3 is 5.88 Å². The van der Waals surface area contributed by atoms with Crippen molar-refractivity contribution in [3.05, 3.63) is 76.5 Å². The zero-order valence-electron chi connectivity index (χ0n) is 18.2. The van der Waals surface area contributed by atoms with Crippen LogP contribution >= 0.6 is 11.3 Å². The summed E-state index contributed by atoms with van der Waals surface area (Å²) in [7, 11) is -2.18. The molecule has 0 fully saturated rings. The van der Waals surface area contributed by atoms with E-state index in [1.807, 2.05) is 0 Å². The van der Waals surface area contributed by atoms with Crippen molar-refractivity contribution in [3.63, 3.8) is 0 Å². The van der Waals surface area contributed by atoms with Crippen LogP contribution in [0.4, 0.5) is 11.0 Å². The van der Waals surface area contributed by atoms with Gasteiger partial charge in [0.2, 0.25) is 5.13 Å². The number of nitro groups is 1. The third-order valence-corrected chi connectivity index (χ3v) is 7.51. The summed E-state index contributed by atoms with van der Waals surface area (Å²) in [6, 6.07) is 15.5. The van der Waals surface area contributed by atoms with Crippen LogP contribution in [0.5, 0.6) is 5.75 Å². The first-order valence-electron chi connectivity index (χ1n) is 10.1. The van der Waals surface area contributed by atoms with E-state index in [1.165, 1.54) is 25.3 Å². The van der Waals surface area contributed by atoms with Crippen molar-refractivity contribution in [1.82, 2.24) is 4.98 Å². The maximum atomic E-state index is 13.1. The summed E-state index contributed by atoms with van der Waals surface area (Å²) in [5, 5.41) is 16.1. The molecular weight excluding hydrogens is 496 g/mol. The van der Waals surface area contributed by atoms with Crippen LogP contribution in [0.2, 0.25) is 0 Å². The molecule has 0 radical (unpaired) electrons. The molecule has 0 unspecified atom stereocenters. The third kappa shape index (κ3) is 5.53. The largest absolute Gasteiger partial charge is 0.497 e. The summed E-state index contributed by atoms with van der Waals surface area (Å²) in [6.45, 7) is 0. The number of rotatable bonds is 9. The molecule has 35 heavy (non-hydrogen) atoms. The van der Waals surface area contributed by atoms with Crippen molar-refractivity contribution in [2.45, 2.75) is 11.3 Å². The van der Waals surface area contributed by atoms with Gasteiger partial charge in [-0.15, -0.1) is 0 Å². The SMILES string of the molecule is COc1ccc2nc(N(/N=C/c3ccc([N+](=O)[O-])o3)C(=O)CCS(=O)(=O)c3ccccc3)sc2c1. The zero-order valence-corrected chi connectivity index (χ0v) is 19.9. The molecule has 4 rings (SSSR count). The number of sulfone groups is 1. The van der Waals surface area contributed by atoms with Gasteiger partial charge in [-0.1, -0.05) is 29.5 Å². The lowest BCUT2D eigenvalue weighted by Crippen LogP contribution is -2.27. The van der Waals surface area contributed by atoms with Gasteiger partial charge < -0.3 is 9.15 Å². The van der Waals surface area contributed by atoms with E-state index in [4.69, 9.17) is 9.15 Å². The molecule has 1 amide bonds. The summed E-state index contributed by atoms with van der Waals surface area (Å²) in [6.07, 6.45) is 0.759. The molecule has 0 bridgehead atoms. The van der Waals surface area contributed by atoms with Gasteiger partial charge in [0.1, 0.15) is 10.7 Å². The van der Waals surface area contributed by atoms with Crippen molar-refractivity contribution in [1.29, 1.82) is 0 Å². The molecule has 180 valence electrons. The molecule has 13 heteroatoms. The average Bonchev–Trinajstić information content (AvgIpc) is 3.50. The fraction of sp³-hybridized carbons (Fsp3) is 0.136. The number of hydrazone groups is 1. The number of nitrogens with zero attached hydrogens (tertiary/aromatic N) is 4. The second kappa shape index (κ2) is 10.0. The van der Waals surface area contributed by atoms with Gasteiger partial charge in [0, 0.05) is 6.42 Å². The van der Waals surface area contributed by atoms with E-state index >= 15 is 0 Å².